The Bertz CT molecular complexity index is 692. The minimum atomic E-state index is 0.146. The van der Waals surface area contributed by atoms with Crippen molar-refractivity contribution < 1.29 is 9.47 Å². The highest BCUT2D eigenvalue weighted by Gasteiger charge is 2.13. The number of hydrogen-bond donors (Lipinski definition) is 1. The van der Waals surface area contributed by atoms with Gasteiger partial charge < -0.3 is 14.8 Å². The summed E-state index contributed by atoms with van der Waals surface area (Å²) >= 11 is 0. The minimum Gasteiger partial charge on any atom is -0.494 e. The molecule has 28 heavy (non-hydrogen) atoms. The molecule has 0 aromatic heterocycles. The molecule has 0 radical (unpaired) electrons. The summed E-state index contributed by atoms with van der Waals surface area (Å²) in [7, 11) is 0. The quantitative estimate of drug-likeness (QED) is 0.502. The third-order valence-corrected chi connectivity index (χ3v) is 5.66. The van der Waals surface area contributed by atoms with Crippen molar-refractivity contribution in [2.75, 3.05) is 18.5 Å². The molecule has 0 amide bonds. The second-order valence-electron chi connectivity index (χ2n) is 8.01. The van der Waals surface area contributed by atoms with Gasteiger partial charge in [0.2, 0.25) is 0 Å². The topological polar surface area (TPSA) is 30.5 Å². The summed E-state index contributed by atoms with van der Waals surface area (Å²) in [6.45, 7) is 5.86. The second-order valence-corrected chi connectivity index (χ2v) is 8.01. The molecule has 1 atom stereocenters. The van der Waals surface area contributed by atoms with E-state index in [1.165, 1.54) is 44.1 Å². The number of ether oxygens (including phenoxy) is 2. The fourth-order valence-electron chi connectivity index (χ4n) is 3.87. The van der Waals surface area contributed by atoms with Crippen LogP contribution in [0, 0.1) is 12.8 Å². The number of anilines is 1. The first-order chi connectivity index (χ1) is 13.7. The van der Waals surface area contributed by atoms with Crippen molar-refractivity contribution >= 4 is 5.69 Å². The van der Waals surface area contributed by atoms with Gasteiger partial charge in [-0.1, -0.05) is 51.2 Å². The summed E-state index contributed by atoms with van der Waals surface area (Å²) in [6, 6.07) is 16.5. The number of aryl methyl sites for hydroxylation is 1. The highest BCUT2D eigenvalue weighted by molar-refractivity contribution is 5.46. The van der Waals surface area contributed by atoms with Crippen LogP contribution in [0.2, 0.25) is 0 Å². The lowest BCUT2D eigenvalue weighted by Crippen LogP contribution is -2.25. The van der Waals surface area contributed by atoms with E-state index in [0.29, 0.717) is 0 Å². The van der Waals surface area contributed by atoms with Crippen LogP contribution in [0.4, 0.5) is 5.69 Å². The van der Waals surface area contributed by atoms with E-state index >= 15 is 0 Å². The molecule has 1 aliphatic rings. The van der Waals surface area contributed by atoms with Crippen LogP contribution in [0.25, 0.3) is 0 Å². The van der Waals surface area contributed by atoms with Gasteiger partial charge in [0.05, 0.1) is 13.2 Å². The normalized spacial score (nSPS) is 15.8. The Balaban J connectivity index is 1.40. The minimum absolute atomic E-state index is 0.146. The predicted octanol–water partition coefficient (Wildman–Crippen LogP) is 6.61. The number of rotatable bonds is 10. The fraction of sp³-hybridized carbons (Fsp3) is 0.520. The third-order valence-electron chi connectivity index (χ3n) is 5.66. The Morgan fingerprint density at radius 3 is 2.50 bits per heavy atom. The van der Waals surface area contributed by atoms with Crippen molar-refractivity contribution in [3.05, 3.63) is 54.1 Å². The van der Waals surface area contributed by atoms with Crippen molar-refractivity contribution in [1.82, 2.24) is 0 Å². The molecule has 1 unspecified atom stereocenters. The largest absolute Gasteiger partial charge is 0.494 e. The molecule has 0 saturated heterocycles. The van der Waals surface area contributed by atoms with Crippen molar-refractivity contribution in [3.63, 3.8) is 0 Å². The maximum Gasteiger partial charge on any atom is 0.120 e. The molecule has 1 fully saturated rings. The highest BCUT2D eigenvalue weighted by atomic mass is 16.5. The smallest absolute Gasteiger partial charge is 0.120 e. The zero-order valence-corrected chi connectivity index (χ0v) is 17.5. The predicted molar refractivity (Wildman–Crippen MR) is 118 cm³/mol. The molecule has 0 spiro atoms. The van der Waals surface area contributed by atoms with Gasteiger partial charge in [0.15, 0.2) is 0 Å². The lowest BCUT2D eigenvalue weighted by molar-refractivity contribution is 0.210. The monoisotopic (exact) mass is 381 g/mol. The Kier molecular flexibility index (Phi) is 8.07. The lowest BCUT2D eigenvalue weighted by Gasteiger charge is -2.21. The van der Waals surface area contributed by atoms with E-state index in [-0.39, 0.29) is 6.10 Å². The molecule has 3 rings (SSSR count). The van der Waals surface area contributed by atoms with Gasteiger partial charge in [-0.3, -0.25) is 0 Å². The number of hydrogen-bond acceptors (Lipinski definition) is 3. The molecule has 0 bridgehead atoms. The fourth-order valence-corrected chi connectivity index (χ4v) is 3.87. The van der Waals surface area contributed by atoms with Gasteiger partial charge >= 0.3 is 0 Å². The van der Waals surface area contributed by atoms with Crippen molar-refractivity contribution in [2.24, 2.45) is 5.92 Å². The molecule has 3 heteroatoms. The molecule has 1 aliphatic carbocycles. The van der Waals surface area contributed by atoms with E-state index in [4.69, 9.17) is 9.47 Å². The van der Waals surface area contributed by atoms with E-state index in [9.17, 15) is 0 Å². The van der Waals surface area contributed by atoms with Crippen LogP contribution in [0.3, 0.4) is 0 Å². The lowest BCUT2D eigenvalue weighted by atomic mass is 9.87. The van der Waals surface area contributed by atoms with Crippen LogP contribution in [0.15, 0.2) is 48.5 Å². The highest BCUT2D eigenvalue weighted by Crippen LogP contribution is 2.26. The van der Waals surface area contributed by atoms with Crippen LogP contribution in [0.5, 0.6) is 11.5 Å². The molecule has 0 aliphatic heterocycles. The Labute approximate surface area is 170 Å². The number of nitrogens with one attached hydrogen (secondary N) is 1. The summed E-state index contributed by atoms with van der Waals surface area (Å²) in [5, 5.41) is 3.48. The van der Waals surface area contributed by atoms with Gasteiger partial charge in [0, 0.05) is 5.69 Å². The van der Waals surface area contributed by atoms with E-state index in [2.05, 4.69) is 55.6 Å². The standard InChI is InChI=1S/C25H35NO2/c1-3-23(28-25-11-7-8-20(2)18-25)19-26-22-12-14-24(15-13-22)27-17-16-21-9-5-4-6-10-21/h7-8,11-15,18,21,23,26H,3-6,9-10,16-17,19H2,1-2H3. The van der Waals surface area contributed by atoms with Gasteiger partial charge in [-0.25, -0.2) is 0 Å². The molecular weight excluding hydrogens is 346 g/mol. The van der Waals surface area contributed by atoms with Gasteiger partial charge in [0.1, 0.15) is 17.6 Å². The Morgan fingerprint density at radius 1 is 1.00 bits per heavy atom. The zero-order chi connectivity index (χ0) is 19.6. The maximum absolute atomic E-state index is 6.11. The molecule has 1 saturated carbocycles. The van der Waals surface area contributed by atoms with Crippen LogP contribution >= 0.6 is 0 Å². The van der Waals surface area contributed by atoms with Crippen LogP contribution in [0.1, 0.15) is 57.4 Å². The molecule has 152 valence electrons. The average molecular weight is 382 g/mol. The summed E-state index contributed by atoms with van der Waals surface area (Å²) in [5.41, 5.74) is 2.32. The third kappa shape index (κ3) is 6.78. The molecule has 2 aromatic carbocycles. The zero-order valence-electron chi connectivity index (χ0n) is 17.5. The Morgan fingerprint density at radius 2 is 1.79 bits per heavy atom. The van der Waals surface area contributed by atoms with E-state index in [0.717, 1.165) is 42.7 Å². The molecule has 3 nitrogen and oxygen atoms in total. The van der Waals surface area contributed by atoms with E-state index in [1.54, 1.807) is 0 Å². The van der Waals surface area contributed by atoms with E-state index < -0.39 is 0 Å². The molecule has 1 N–H and O–H groups in total. The molecule has 0 heterocycles. The SMILES string of the molecule is CCC(CNc1ccc(OCCC2CCCCC2)cc1)Oc1cccc(C)c1. The van der Waals surface area contributed by atoms with Crippen LogP contribution in [-0.2, 0) is 0 Å². The van der Waals surface area contributed by atoms with Crippen LogP contribution in [-0.4, -0.2) is 19.3 Å². The Hall–Kier alpha value is -2.16. The number of benzene rings is 2. The van der Waals surface area contributed by atoms with Crippen LogP contribution < -0.4 is 14.8 Å². The average Bonchev–Trinajstić information content (AvgIpc) is 2.73. The summed E-state index contributed by atoms with van der Waals surface area (Å²) in [4.78, 5) is 0. The first-order valence-electron chi connectivity index (χ1n) is 10.9. The van der Waals surface area contributed by atoms with Gasteiger partial charge in [-0.2, -0.15) is 0 Å². The first-order valence-corrected chi connectivity index (χ1v) is 10.9. The van der Waals surface area contributed by atoms with Gasteiger partial charge in [0.25, 0.3) is 0 Å². The van der Waals surface area contributed by atoms with Gasteiger partial charge in [-0.15, -0.1) is 0 Å². The first kappa shape index (κ1) is 20.6. The summed E-state index contributed by atoms with van der Waals surface area (Å²) in [6.07, 6.45) is 9.28. The van der Waals surface area contributed by atoms with E-state index in [1.807, 2.05) is 12.1 Å². The second kappa shape index (κ2) is 11.0. The van der Waals surface area contributed by atoms with Gasteiger partial charge in [-0.05, 0) is 67.6 Å². The molecular formula is C25H35NO2. The summed E-state index contributed by atoms with van der Waals surface area (Å²) in [5.74, 6) is 2.77. The maximum atomic E-state index is 6.11. The summed E-state index contributed by atoms with van der Waals surface area (Å²) < 4.78 is 12.1. The molecule has 2 aromatic rings. The van der Waals surface area contributed by atoms with Crippen molar-refractivity contribution in [1.29, 1.82) is 0 Å². The van der Waals surface area contributed by atoms with Crippen molar-refractivity contribution in [3.8, 4) is 11.5 Å². The van der Waals surface area contributed by atoms with Crippen molar-refractivity contribution in [2.45, 2.75) is 64.9 Å².